The highest BCUT2D eigenvalue weighted by Crippen LogP contribution is 2.43. The SMILES string of the molecule is CCC(COCc1ccc(OC)c(OC)c1)N1C(=O)CO[C@H](c2cc(Cl)cc(Cl)c2)C1c1ccc(Cl)cc1. The summed E-state index contributed by atoms with van der Waals surface area (Å²) >= 11 is 18.8. The minimum atomic E-state index is -0.482. The van der Waals surface area contributed by atoms with Crippen LogP contribution in [0.2, 0.25) is 15.1 Å². The van der Waals surface area contributed by atoms with Crippen molar-refractivity contribution in [3.05, 3.63) is 92.4 Å². The molecule has 0 spiro atoms. The summed E-state index contributed by atoms with van der Waals surface area (Å²) in [5, 5.41) is 1.61. The van der Waals surface area contributed by atoms with Gasteiger partial charge in [0.25, 0.3) is 0 Å². The third-order valence-corrected chi connectivity index (χ3v) is 7.27. The van der Waals surface area contributed by atoms with Crippen LogP contribution in [0.1, 0.15) is 42.2 Å². The van der Waals surface area contributed by atoms with E-state index < -0.39 is 12.1 Å². The van der Waals surface area contributed by atoms with Gasteiger partial charge in [-0.05, 0) is 65.6 Å². The number of morpholine rings is 1. The number of halogens is 3. The number of hydrogen-bond acceptors (Lipinski definition) is 5. The van der Waals surface area contributed by atoms with Gasteiger partial charge in [-0.15, -0.1) is 0 Å². The molecule has 0 saturated carbocycles. The van der Waals surface area contributed by atoms with Gasteiger partial charge in [0.05, 0.1) is 39.5 Å². The van der Waals surface area contributed by atoms with Crippen molar-refractivity contribution < 1.29 is 23.7 Å². The summed E-state index contributed by atoms with van der Waals surface area (Å²) in [6, 6.07) is 17.8. The molecule has 0 bridgehead atoms. The summed E-state index contributed by atoms with van der Waals surface area (Å²) in [6.45, 7) is 2.67. The molecule has 1 aliphatic rings. The Bertz CT molecular complexity index is 1230. The van der Waals surface area contributed by atoms with Crippen molar-refractivity contribution >= 4 is 40.7 Å². The van der Waals surface area contributed by atoms with Crippen LogP contribution in [0.3, 0.4) is 0 Å². The van der Waals surface area contributed by atoms with Gasteiger partial charge in [0.2, 0.25) is 5.91 Å². The first-order chi connectivity index (χ1) is 18.3. The zero-order valence-electron chi connectivity index (χ0n) is 21.5. The van der Waals surface area contributed by atoms with Crippen molar-refractivity contribution in [2.45, 2.75) is 38.1 Å². The summed E-state index contributed by atoms with van der Waals surface area (Å²) in [7, 11) is 3.20. The highest BCUT2D eigenvalue weighted by molar-refractivity contribution is 6.34. The van der Waals surface area contributed by atoms with Crippen molar-refractivity contribution in [3.63, 3.8) is 0 Å². The van der Waals surface area contributed by atoms with E-state index in [9.17, 15) is 4.79 Å². The summed E-state index contributed by atoms with van der Waals surface area (Å²) in [5.41, 5.74) is 2.62. The molecule has 1 aliphatic heterocycles. The number of carbonyl (C=O) groups excluding carboxylic acids is 1. The fourth-order valence-corrected chi connectivity index (χ4v) is 5.42. The van der Waals surface area contributed by atoms with E-state index in [1.165, 1.54) is 0 Å². The van der Waals surface area contributed by atoms with Crippen molar-refractivity contribution in [2.75, 3.05) is 27.4 Å². The zero-order chi connectivity index (χ0) is 27.2. The zero-order valence-corrected chi connectivity index (χ0v) is 23.7. The Labute approximate surface area is 238 Å². The van der Waals surface area contributed by atoms with Crippen LogP contribution in [0.5, 0.6) is 11.5 Å². The number of ether oxygens (including phenoxy) is 4. The van der Waals surface area contributed by atoms with Crippen LogP contribution in [-0.4, -0.2) is 44.3 Å². The maximum atomic E-state index is 13.4. The van der Waals surface area contributed by atoms with Crippen molar-refractivity contribution in [1.29, 1.82) is 0 Å². The van der Waals surface area contributed by atoms with E-state index in [4.69, 9.17) is 53.8 Å². The van der Waals surface area contributed by atoms with Crippen LogP contribution < -0.4 is 9.47 Å². The number of carbonyl (C=O) groups is 1. The molecule has 1 amide bonds. The second-order valence-corrected chi connectivity index (χ2v) is 10.3. The Kier molecular flexibility index (Phi) is 9.80. The van der Waals surface area contributed by atoms with Crippen LogP contribution in [0.4, 0.5) is 0 Å². The van der Waals surface area contributed by atoms with Gasteiger partial charge >= 0.3 is 0 Å². The predicted molar refractivity (Wildman–Crippen MR) is 149 cm³/mol. The largest absolute Gasteiger partial charge is 0.493 e. The van der Waals surface area contributed by atoms with Crippen LogP contribution in [0.15, 0.2) is 60.7 Å². The van der Waals surface area contributed by atoms with Gasteiger partial charge < -0.3 is 23.8 Å². The summed E-state index contributed by atoms with van der Waals surface area (Å²) in [4.78, 5) is 15.3. The van der Waals surface area contributed by atoms with E-state index in [1.54, 1.807) is 20.3 Å². The van der Waals surface area contributed by atoms with Crippen LogP contribution in [0.25, 0.3) is 0 Å². The molecule has 38 heavy (non-hydrogen) atoms. The second-order valence-electron chi connectivity index (χ2n) is 9.00. The lowest BCUT2D eigenvalue weighted by atomic mass is 9.91. The van der Waals surface area contributed by atoms with Gasteiger partial charge in [-0.25, -0.2) is 0 Å². The molecule has 6 nitrogen and oxygen atoms in total. The molecule has 1 heterocycles. The Morgan fingerprint density at radius 3 is 2.21 bits per heavy atom. The molecule has 0 aliphatic carbocycles. The molecular formula is C29H30Cl3NO5. The van der Waals surface area contributed by atoms with E-state index in [0.717, 1.165) is 16.7 Å². The topological polar surface area (TPSA) is 57.2 Å². The first kappa shape index (κ1) is 28.5. The molecule has 0 radical (unpaired) electrons. The van der Waals surface area contributed by atoms with E-state index in [1.807, 2.05) is 66.4 Å². The maximum Gasteiger partial charge on any atom is 0.249 e. The lowest BCUT2D eigenvalue weighted by Crippen LogP contribution is -2.52. The van der Waals surface area contributed by atoms with Gasteiger partial charge in [0.15, 0.2) is 11.5 Å². The third kappa shape index (κ3) is 6.56. The van der Waals surface area contributed by atoms with Crippen molar-refractivity contribution in [1.82, 2.24) is 4.90 Å². The minimum Gasteiger partial charge on any atom is -0.493 e. The average molecular weight is 579 g/mol. The lowest BCUT2D eigenvalue weighted by Gasteiger charge is -2.45. The van der Waals surface area contributed by atoms with Crippen LogP contribution in [0, 0.1) is 0 Å². The fraction of sp³-hybridized carbons (Fsp3) is 0.345. The quantitative estimate of drug-likeness (QED) is 0.253. The Hall–Kier alpha value is -2.48. The smallest absolute Gasteiger partial charge is 0.249 e. The second kappa shape index (κ2) is 13.0. The first-order valence-corrected chi connectivity index (χ1v) is 13.4. The molecule has 3 atom stereocenters. The molecule has 0 N–H and O–H groups in total. The van der Waals surface area contributed by atoms with E-state index in [-0.39, 0.29) is 18.6 Å². The molecule has 202 valence electrons. The minimum absolute atomic E-state index is 0.0644. The maximum absolute atomic E-state index is 13.4. The molecule has 0 aromatic heterocycles. The molecule has 2 unspecified atom stereocenters. The standard InChI is InChI=1S/C29H30Cl3NO5/c1-4-24(16-37-15-18-5-10-25(35-2)26(11-18)36-3)33-27(34)17-38-29(20-12-22(31)14-23(32)13-20)28(33)19-6-8-21(30)9-7-19/h5-14,24,28-29H,4,15-17H2,1-3H3/t24?,28?,29-/m1/s1. The van der Waals surface area contributed by atoms with Gasteiger partial charge in [0, 0.05) is 15.1 Å². The normalized spacial score (nSPS) is 18.4. The molecule has 1 saturated heterocycles. The van der Waals surface area contributed by atoms with E-state index in [0.29, 0.717) is 46.2 Å². The highest BCUT2D eigenvalue weighted by atomic mass is 35.5. The van der Waals surface area contributed by atoms with Gasteiger partial charge in [-0.3, -0.25) is 4.79 Å². The Morgan fingerprint density at radius 2 is 1.58 bits per heavy atom. The van der Waals surface area contributed by atoms with Gasteiger partial charge in [-0.2, -0.15) is 0 Å². The summed E-state index contributed by atoms with van der Waals surface area (Å²) in [6.07, 6.45) is 0.204. The Balaban J connectivity index is 1.61. The molecule has 3 aromatic rings. The average Bonchev–Trinajstić information content (AvgIpc) is 2.91. The molecule has 4 rings (SSSR count). The summed E-state index contributed by atoms with van der Waals surface area (Å²) in [5.74, 6) is 1.17. The number of nitrogens with zero attached hydrogens (tertiary/aromatic N) is 1. The number of rotatable bonds is 10. The fourth-order valence-electron chi connectivity index (χ4n) is 4.75. The molecular weight excluding hydrogens is 549 g/mol. The highest BCUT2D eigenvalue weighted by Gasteiger charge is 2.42. The number of hydrogen-bond donors (Lipinski definition) is 0. The van der Waals surface area contributed by atoms with Gasteiger partial charge in [0.1, 0.15) is 12.7 Å². The van der Waals surface area contributed by atoms with E-state index >= 15 is 0 Å². The predicted octanol–water partition coefficient (Wildman–Crippen LogP) is 7.30. The number of methoxy groups -OCH3 is 2. The lowest BCUT2D eigenvalue weighted by molar-refractivity contribution is -0.166. The monoisotopic (exact) mass is 577 g/mol. The van der Waals surface area contributed by atoms with E-state index in [2.05, 4.69) is 0 Å². The first-order valence-electron chi connectivity index (χ1n) is 12.3. The van der Waals surface area contributed by atoms with Crippen molar-refractivity contribution in [3.8, 4) is 11.5 Å². The number of amides is 1. The van der Waals surface area contributed by atoms with Crippen molar-refractivity contribution in [2.24, 2.45) is 0 Å². The number of benzene rings is 3. The summed E-state index contributed by atoms with van der Waals surface area (Å²) < 4.78 is 23.0. The third-order valence-electron chi connectivity index (χ3n) is 6.58. The Morgan fingerprint density at radius 1 is 0.895 bits per heavy atom. The van der Waals surface area contributed by atoms with Crippen LogP contribution >= 0.6 is 34.8 Å². The molecule has 9 heteroatoms. The van der Waals surface area contributed by atoms with Gasteiger partial charge in [-0.1, -0.05) is 59.9 Å². The molecule has 3 aromatic carbocycles. The molecule has 1 fully saturated rings. The van der Waals surface area contributed by atoms with Crippen LogP contribution in [-0.2, 0) is 20.9 Å².